The molecule has 4 rings (SSSR count). The summed E-state index contributed by atoms with van der Waals surface area (Å²) >= 11 is 0. The van der Waals surface area contributed by atoms with Gasteiger partial charge in [-0.1, -0.05) is 30.3 Å². The van der Waals surface area contributed by atoms with Gasteiger partial charge in [-0.3, -0.25) is 4.57 Å². The van der Waals surface area contributed by atoms with Gasteiger partial charge in [-0.15, -0.1) is 10.2 Å². The van der Waals surface area contributed by atoms with Crippen molar-refractivity contribution in [2.24, 2.45) is 4.99 Å². The molecule has 1 aromatic heterocycles. The fourth-order valence-corrected chi connectivity index (χ4v) is 3.30. The standard InChI is InChI=1S/C21H22N4O3/c1-4-28-13-18-23-24-20-21(27-3)22-19(14-8-6-5-7-9-14)16-12-15(26-2)10-11-17(16)25(18)20/h5-12,21H,4,13H2,1-3H3. The van der Waals surface area contributed by atoms with Crippen LogP contribution in [-0.4, -0.2) is 41.3 Å². The molecule has 3 aromatic rings. The summed E-state index contributed by atoms with van der Waals surface area (Å²) in [5.74, 6) is 2.07. The Hall–Kier alpha value is -3.03. The first-order valence-corrected chi connectivity index (χ1v) is 9.13. The molecular weight excluding hydrogens is 356 g/mol. The van der Waals surface area contributed by atoms with Crippen molar-refractivity contribution in [1.29, 1.82) is 0 Å². The zero-order valence-corrected chi connectivity index (χ0v) is 16.1. The van der Waals surface area contributed by atoms with Crippen LogP contribution in [0.15, 0.2) is 53.5 Å². The van der Waals surface area contributed by atoms with Crippen LogP contribution in [0, 0.1) is 0 Å². The second-order valence-corrected chi connectivity index (χ2v) is 6.26. The highest BCUT2D eigenvalue weighted by molar-refractivity contribution is 6.15. The summed E-state index contributed by atoms with van der Waals surface area (Å²) in [7, 11) is 3.27. The van der Waals surface area contributed by atoms with E-state index in [4.69, 9.17) is 19.2 Å². The maximum Gasteiger partial charge on any atom is 0.209 e. The molecule has 1 atom stereocenters. The van der Waals surface area contributed by atoms with Gasteiger partial charge >= 0.3 is 0 Å². The number of rotatable bonds is 6. The van der Waals surface area contributed by atoms with Gasteiger partial charge in [0.1, 0.15) is 12.4 Å². The summed E-state index contributed by atoms with van der Waals surface area (Å²) in [5.41, 5.74) is 3.64. The predicted octanol–water partition coefficient (Wildman–Crippen LogP) is 3.31. The highest BCUT2D eigenvalue weighted by Crippen LogP contribution is 2.33. The van der Waals surface area contributed by atoms with Crippen LogP contribution in [0.2, 0.25) is 0 Å². The van der Waals surface area contributed by atoms with Gasteiger partial charge in [0.05, 0.1) is 18.5 Å². The SMILES string of the molecule is CCOCc1nnc2n1-c1ccc(OC)cc1C(c1ccccc1)=NC2OC. The molecule has 0 N–H and O–H groups in total. The number of benzene rings is 2. The smallest absolute Gasteiger partial charge is 0.209 e. The Morgan fingerprint density at radius 2 is 1.86 bits per heavy atom. The highest BCUT2D eigenvalue weighted by Gasteiger charge is 2.29. The average Bonchev–Trinajstić information content (AvgIpc) is 3.10. The molecule has 0 fully saturated rings. The van der Waals surface area contributed by atoms with E-state index in [1.165, 1.54) is 0 Å². The minimum Gasteiger partial charge on any atom is -0.497 e. The van der Waals surface area contributed by atoms with Crippen molar-refractivity contribution in [2.45, 2.75) is 19.8 Å². The van der Waals surface area contributed by atoms with Gasteiger partial charge in [0.25, 0.3) is 0 Å². The lowest BCUT2D eigenvalue weighted by Gasteiger charge is -2.14. The average molecular weight is 378 g/mol. The maximum absolute atomic E-state index is 5.67. The van der Waals surface area contributed by atoms with E-state index in [9.17, 15) is 0 Å². The molecule has 0 saturated heterocycles. The van der Waals surface area contributed by atoms with E-state index in [2.05, 4.69) is 10.2 Å². The van der Waals surface area contributed by atoms with Crippen molar-refractivity contribution in [1.82, 2.24) is 14.8 Å². The topological polar surface area (TPSA) is 70.8 Å². The lowest BCUT2D eigenvalue weighted by molar-refractivity contribution is 0.101. The van der Waals surface area contributed by atoms with Gasteiger partial charge in [0.15, 0.2) is 11.6 Å². The van der Waals surface area contributed by atoms with E-state index in [0.717, 1.165) is 28.3 Å². The minimum absolute atomic E-state index is 0.353. The zero-order valence-electron chi connectivity index (χ0n) is 16.1. The van der Waals surface area contributed by atoms with E-state index in [1.54, 1.807) is 14.2 Å². The fraction of sp³-hybridized carbons (Fsp3) is 0.286. The number of aliphatic imine (C=N–C) groups is 1. The number of methoxy groups -OCH3 is 2. The summed E-state index contributed by atoms with van der Waals surface area (Å²) in [6, 6.07) is 15.9. The number of ether oxygens (including phenoxy) is 3. The van der Waals surface area contributed by atoms with Crippen LogP contribution in [0.5, 0.6) is 5.75 Å². The number of fused-ring (bicyclic) bond motifs is 3. The Balaban J connectivity index is 1.98. The first-order valence-electron chi connectivity index (χ1n) is 9.13. The Morgan fingerprint density at radius 3 is 2.57 bits per heavy atom. The van der Waals surface area contributed by atoms with Crippen molar-refractivity contribution < 1.29 is 14.2 Å². The summed E-state index contributed by atoms with van der Waals surface area (Å²) in [5, 5.41) is 8.68. The molecule has 0 radical (unpaired) electrons. The first kappa shape index (κ1) is 18.3. The molecule has 0 bridgehead atoms. The third-order valence-electron chi connectivity index (χ3n) is 4.63. The normalized spacial score (nSPS) is 15.4. The van der Waals surface area contributed by atoms with Crippen molar-refractivity contribution in [2.75, 3.05) is 20.8 Å². The molecule has 0 amide bonds. The Morgan fingerprint density at radius 1 is 1.04 bits per heavy atom. The van der Waals surface area contributed by atoms with Gasteiger partial charge in [-0.2, -0.15) is 0 Å². The van der Waals surface area contributed by atoms with E-state index in [0.29, 0.717) is 24.9 Å². The molecule has 1 aliphatic rings. The van der Waals surface area contributed by atoms with E-state index < -0.39 is 6.23 Å². The van der Waals surface area contributed by atoms with Crippen LogP contribution < -0.4 is 4.74 Å². The van der Waals surface area contributed by atoms with Crippen LogP contribution in [0.1, 0.15) is 35.9 Å². The molecule has 1 unspecified atom stereocenters. The maximum atomic E-state index is 5.67. The Bertz CT molecular complexity index is 998. The van der Waals surface area contributed by atoms with E-state index >= 15 is 0 Å². The third kappa shape index (κ3) is 3.19. The number of hydrogen-bond acceptors (Lipinski definition) is 6. The van der Waals surface area contributed by atoms with Crippen molar-refractivity contribution in [3.05, 3.63) is 71.3 Å². The zero-order chi connectivity index (χ0) is 19.5. The monoisotopic (exact) mass is 378 g/mol. The molecule has 1 aliphatic heterocycles. The third-order valence-corrected chi connectivity index (χ3v) is 4.63. The summed E-state index contributed by atoms with van der Waals surface area (Å²) in [6.45, 7) is 2.90. The lowest BCUT2D eigenvalue weighted by atomic mass is 10.00. The first-order chi connectivity index (χ1) is 13.8. The molecule has 144 valence electrons. The molecule has 0 saturated carbocycles. The van der Waals surface area contributed by atoms with Crippen LogP contribution in [0.25, 0.3) is 5.69 Å². The second kappa shape index (κ2) is 7.92. The fourth-order valence-electron chi connectivity index (χ4n) is 3.30. The molecule has 7 nitrogen and oxygen atoms in total. The van der Waals surface area contributed by atoms with Gasteiger partial charge in [0.2, 0.25) is 6.23 Å². The van der Waals surface area contributed by atoms with Gasteiger partial charge in [-0.05, 0) is 25.1 Å². The summed E-state index contributed by atoms with van der Waals surface area (Å²) in [4.78, 5) is 4.89. The molecule has 2 heterocycles. The van der Waals surface area contributed by atoms with Gasteiger partial charge in [0, 0.05) is 24.8 Å². The van der Waals surface area contributed by atoms with E-state index in [1.807, 2.05) is 60.0 Å². The number of aromatic nitrogens is 3. The van der Waals surface area contributed by atoms with Crippen LogP contribution >= 0.6 is 0 Å². The van der Waals surface area contributed by atoms with Gasteiger partial charge < -0.3 is 14.2 Å². The molecule has 7 heteroatoms. The lowest BCUT2D eigenvalue weighted by Crippen LogP contribution is -2.11. The quantitative estimate of drug-likeness (QED) is 0.658. The van der Waals surface area contributed by atoms with E-state index in [-0.39, 0.29) is 0 Å². The Kier molecular flexibility index (Phi) is 5.18. The van der Waals surface area contributed by atoms with Crippen molar-refractivity contribution in [3.8, 4) is 11.4 Å². The molecule has 0 aliphatic carbocycles. The molecule has 0 spiro atoms. The summed E-state index contributed by atoms with van der Waals surface area (Å²) in [6.07, 6.45) is -0.587. The Labute approximate surface area is 163 Å². The molecule has 2 aromatic carbocycles. The van der Waals surface area contributed by atoms with Crippen LogP contribution in [0.3, 0.4) is 0 Å². The number of nitrogens with zero attached hydrogens (tertiary/aromatic N) is 4. The van der Waals surface area contributed by atoms with Crippen molar-refractivity contribution >= 4 is 5.71 Å². The number of hydrogen-bond donors (Lipinski definition) is 0. The molecular formula is C21H22N4O3. The van der Waals surface area contributed by atoms with Crippen molar-refractivity contribution in [3.63, 3.8) is 0 Å². The summed E-state index contributed by atoms with van der Waals surface area (Å²) < 4.78 is 18.7. The predicted molar refractivity (Wildman–Crippen MR) is 105 cm³/mol. The van der Waals surface area contributed by atoms with Crippen LogP contribution in [-0.2, 0) is 16.1 Å². The van der Waals surface area contributed by atoms with Crippen LogP contribution in [0.4, 0.5) is 0 Å². The molecule has 28 heavy (non-hydrogen) atoms. The second-order valence-electron chi connectivity index (χ2n) is 6.26. The minimum atomic E-state index is -0.587. The largest absolute Gasteiger partial charge is 0.497 e. The van der Waals surface area contributed by atoms with Gasteiger partial charge in [-0.25, -0.2) is 4.99 Å². The highest BCUT2D eigenvalue weighted by atomic mass is 16.5.